The number of aryl methyl sites for hydroxylation is 1. The van der Waals surface area contributed by atoms with Gasteiger partial charge in [-0.3, -0.25) is 9.59 Å². The molecule has 1 N–H and O–H groups in total. The third-order valence-corrected chi connectivity index (χ3v) is 5.34. The number of likely N-dealkylation sites (tertiary alicyclic amines) is 1. The normalized spacial score (nSPS) is 18.0. The first-order valence-corrected chi connectivity index (χ1v) is 10.00. The van der Waals surface area contributed by atoms with Gasteiger partial charge in [-0.25, -0.2) is 0 Å². The van der Waals surface area contributed by atoms with Crippen LogP contribution in [0, 0.1) is 6.92 Å². The maximum Gasteiger partial charge on any atom is 0.295 e. The molecule has 0 saturated carbocycles. The summed E-state index contributed by atoms with van der Waals surface area (Å²) in [7, 11) is 3.07. The van der Waals surface area contributed by atoms with Crippen LogP contribution in [-0.4, -0.2) is 42.5 Å². The molecule has 0 radical (unpaired) electrons. The SMILES string of the molecule is CCCCN1C(=O)C(=O)/C(=C(/O)c2ccc(C)cc2)C1c1ccc(OC)c(OC)c1. The number of aliphatic hydroxyl groups excluding tert-OH is 1. The van der Waals surface area contributed by atoms with Crippen LogP contribution in [0.1, 0.15) is 42.5 Å². The van der Waals surface area contributed by atoms with Gasteiger partial charge in [-0.15, -0.1) is 0 Å². The summed E-state index contributed by atoms with van der Waals surface area (Å²) in [6, 6.07) is 11.8. The van der Waals surface area contributed by atoms with E-state index in [0.29, 0.717) is 29.2 Å². The summed E-state index contributed by atoms with van der Waals surface area (Å²) in [5.41, 5.74) is 2.30. The number of ether oxygens (including phenoxy) is 2. The molecule has 0 aliphatic carbocycles. The van der Waals surface area contributed by atoms with Crippen molar-refractivity contribution in [2.45, 2.75) is 32.7 Å². The zero-order valence-corrected chi connectivity index (χ0v) is 17.8. The standard InChI is InChI=1S/C24H27NO5/c1-5-6-13-25-21(17-11-12-18(29-3)19(14-17)30-4)20(23(27)24(25)28)22(26)16-9-7-15(2)8-10-16/h7-12,14,21,26H,5-6,13H2,1-4H3/b22-20+. The Labute approximate surface area is 176 Å². The zero-order chi connectivity index (χ0) is 21.8. The van der Waals surface area contributed by atoms with Gasteiger partial charge in [0.2, 0.25) is 0 Å². The van der Waals surface area contributed by atoms with E-state index in [9.17, 15) is 14.7 Å². The molecule has 30 heavy (non-hydrogen) atoms. The van der Waals surface area contributed by atoms with Crippen molar-refractivity contribution in [3.8, 4) is 11.5 Å². The van der Waals surface area contributed by atoms with Crippen LogP contribution in [0.4, 0.5) is 0 Å². The second kappa shape index (κ2) is 9.03. The van der Waals surface area contributed by atoms with Crippen LogP contribution in [0.5, 0.6) is 11.5 Å². The first kappa shape index (κ1) is 21.4. The number of amides is 1. The van der Waals surface area contributed by atoms with Crippen molar-refractivity contribution in [2.75, 3.05) is 20.8 Å². The number of rotatable bonds is 7. The number of ketones is 1. The molecule has 1 aliphatic heterocycles. The first-order chi connectivity index (χ1) is 14.4. The van der Waals surface area contributed by atoms with E-state index in [2.05, 4.69) is 0 Å². The Bertz CT molecular complexity index is 978. The van der Waals surface area contributed by atoms with E-state index in [-0.39, 0.29) is 11.3 Å². The monoisotopic (exact) mass is 409 g/mol. The molecular weight excluding hydrogens is 382 g/mol. The third-order valence-electron chi connectivity index (χ3n) is 5.34. The molecule has 2 aromatic carbocycles. The lowest BCUT2D eigenvalue weighted by Gasteiger charge is -2.25. The van der Waals surface area contributed by atoms with Gasteiger partial charge >= 0.3 is 0 Å². The van der Waals surface area contributed by atoms with Crippen molar-refractivity contribution in [3.63, 3.8) is 0 Å². The number of Topliss-reactive ketones (excluding diaryl/α,β-unsaturated/α-hetero) is 1. The lowest BCUT2D eigenvalue weighted by atomic mass is 9.94. The van der Waals surface area contributed by atoms with Gasteiger partial charge in [-0.05, 0) is 31.0 Å². The van der Waals surface area contributed by atoms with Gasteiger partial charge in [-0.2, -0.15) is 0 Å². The van der Waals surface area contributed by atoms with Gasteiger partial charge < -0.3 is 19.5 Å². The molecule has 1 heterocycles. The van der Waals surface area contributed by atoms with Gasteiger partial charge in [0, 0.05) is 12.1 Å². The Morgan fingerprint density at radius 1 is 1.03 bits per heavy atom. The van der Waals surface area contributed by atoms with E-state index in [4.69, 9.17) is 9.47 Å². The Balaban J connectivity index is 2.18. The minimum absolute atomic E-state index is 0.0900. The van der Waals surface area contributed by atoms with Crippen LogP contribution in [0.2, 0.25) is 0 Å². The fraction of sp³-hybridized carbons (Fsp3) is 0.333. The molecule has 1 amide bonds. The second-order valence-electron chi connectivity index (χ2n) is 7.33. The molecule has 3 rings (SSSR count). The number of hydrogen-bond acceptors (Lipinski definition) is 5. The van der Waals surface area contributed by atoms with Gasteiger partial charge in [0.15, 0.2) is 11.5 Å². The molecule has 6 nitrogen and oxygen atoms in total. The van der Waals surface area contributed by atoms with Crippen LogP contribution >= 0.6 is 0 Å². The maximum absolute atomic E-state index is 13.0. The number of carbonyl (C=O) groups excluding carboxylic acids is 2. The van der Waals surface area contributed by atoms with Crippen molar-refractivity contribution in [2.24, 2.45) is 0 Å². The topological polar surface area (TPSA) is 76.1 Å². The van der Waals surface area contributed by atoms with Crippen molar-refractivity contribution >= 4 is 17.4 Å². The summed E-state index contributed by atoms with van der Waals surface area (Å²) in [5.74, 6) is -0.412. The number of nitrogens with zero attached hydrogens (tertiary/aromatic N) is 1. The molecule has 1 unspecified atom stereocenters. The summed E-state index contributed by atoms with van der Waals surface area (Å²) in [6.45, 7) is 4.39. The van der Waals surface area contributed by atoms with E-state index >= 15 is 0 Å². The van der Waals surface area contributed by atoms with E-state index in [1.54, 1.807) is 37.4 Å². The van der Waals surface area contributed by atoms with Crippen molar-refractivity contribution in [3.05, 3.63) is 64.7 Å². The minimum Gasteiger partial charge on any atom is -0.507 e. The summed E-state index contributed by atoms with van der Waals surface area (Å²) in [4.78, 5) is 27.3. The Hall–Kier alpha value is -3.28. The molecule has 1 fully saturated rings. The van der Waals surface area contributed by atoms with Crippen molar-refractivity contribution < 1.29 is 24.2 Å². The smallest absolute Gasteiger partial charge is 0.295 e. The maximum atomic E-state index is 13.0. The molecule has 158 valence electrons. The summed E-state index contributed by atoms with van der Waals surface area (Å²) in [6.07, 6.45) is 1.63. The second-order valence-corrected chi connectivity index (χ2v) is 7.33. The zero-order valence-electron chi connectivity index (χ0n) is 17.8. The largest absolute Gasteiger partial charge is 0.507 e. The lowest BCUT2D eigenvalue weighted by molar-refractivity contribution is -0.139. The number of carbonyl (C=O) groups is 2. The van der Waals surface area contributed by atoms with E-state index in [0.717, 1.165) is 18.4 Å². The highest BCUT2D eigenvalue weighted by atomic mass is 16.5. The quantitative estimate of drug-likeness (QED) is 0.421. The predicted octanol–water partition coefficient (Wildman–Crippen LogP) is 4.23. The fourth-order valence-electron chi connectivity index (χ4n) is 3.68. The molecule has 1 aliphatic rings. The first-order valence-electron chi connectivity index (χ1n) is 10.00. The van der Waals surface area contributed by atoms with Crippen LogP contribution in [0.15, 0.2) is 48.0 Å². The van der Waals surface area contributed by atoms with Crippen LogP contribution in [0.3, 0.4) is 0 Å². The average molecular weight is 409 g/mol. The van der Waals surface area contributed by atoms with E-state index in [1.165, 1.54) is 12.0 Å². The Morgan fingerprint density at radius 2 is 1.70 bits per heavy atom. The summed E-state index contributed by atoms with van der Waals surface area (Å²) < 4.78 is 10.7. The minimum atomic E-state index is -0.697. The highest BCUT2D eigenvalue weighted by Gasteiger charge is 2.45. The Morgan fingerprint density at radius 3 is 2.30 bits per heavy atom. The highest BCUT2D eigenvalue weighted by molar-refractivity contribution is 6.46. The van der Waals surface area contributed by atoms with Gasteiger partial charge in [-0.1, -0.05) is 49.2 Å². The van der Waals surface area contributed by atoms with E-state index < -0.39 is 17.7 Å². The average Bonchev–Trinajstić information content (AvgIpc) is 3.01. The van der Waals surface area contributed by atoms with Crippen molar-refractivity contribution in [1.29, 1.82) is 0 Å². The molecule has 0 bridgehead atoms. The molecule has 2 aromatic rings. The number of unbranched alkanes of at least 4 members (excludes halogenated alkanes) is 1. The Kier molecular flexibility index (Phi) is 6.45. The molecule has 0 aromatic heterocycles. The third kappa shape index (κ3) is 3.90. The number of aliphatic hydroxyl groups is 1. The lowest BCUT2D eigenvalue weighted by Crippen LogP contribution is -2.30. The molecule has 0 spiro atoms. The van der Waals surface area contributed by atoms with Crippen LogP contribution in [0.25, 0.3) is 5.76 Å². The van der Waals surface area contributed by atoms with Crippen LogP contribution < -0.4 is 9.47 Å². The van der Waals surface area contributed by atoms with Crippen LogP contribution in [-0.2, 0) is 9.59 Å². The highest BCUT2D eigenvalue weighted by Crippen LogP contribution is 2.42. The summed E-state index contributed by atoms with van der Waals surface area (Å²) >= 11 is 0. The number of hydrogen-bond donors (Lipinski definition) is 1. The summed E-state index contributed by atoms with van der Waals surface area (Å²) in [5, 5.41) is 11.0. The van der Waals surface area contributed by atoms with E-state index in [1.807, 2.05) is 26.0 Å². The predicted molar refractivity (Wildman–Crippen MR) is 115 cm³/mol. The molecule has 1 atom stereocenters. The molecule has 1 saturated heterocycles. The molecular formula is C24H27NO5. The van der Waals surface area contributed by atoms with Gasteiger partial charge in [0.05, 0.1) is 25.8 Å². The van der Waals surface area contributed by atoms with Gasteiger partial charge in [0.25, 0.3) is 11.7 Å². The van der Waals surface area contributed by atoms with Gasteiger partial charge in [0.1, 0.15) is 5.76 Å². The fourth-order valence-corrected chi connectivity index (χ4v) is 3.68. The number of methoxy groups -OCH3 is 2. The molecule has 6 heteroatoms. The number of benzene rings is 2. The van der Waals surface area contributed by atoms with Crippen molar-refractivity contribution in [1.82, 2.24) is 4.90 Å².